The van der Waals surface area contributed by atoms with E-state index in [1.807, 2.05) is 36.1 Å². The molecular formula is C20H22FN2O2+. The molecule has 0 bridgehead atoms. The Hall–Kier alpha value is -2.40. The molecule has 2 saturated heterocycles. The van der Waals surface area contributed by atoms with Crippen molar-refractivity contribution < 1.29 is 18.8 Å². The maximum atomic E-state index is 13.4. The zero-order valence-electron chi connectivity index (χ0n) is 14.2. The molecule has 0 radical (unpaired) electrons. The lowest BCUT2D eigenvalue weighted by atomic mass is 10.1. The maximum absolute atomic E-state index is 13.4. The summed E-state index contributed by atoms with van der Waals surface area (Å²) in [6, 6.07) is 14.1. The van der Waals surface area contributed by atoms with Crippen molar-refractivity contribution in [2.75, 3.05) is 18.1 Å². The first-order valence-electron chi connectivity index (χ1n) is 8.86. The van der Waals surface area contributed by atoms with Gasteiger partial charge in [-0.2, -0.15) is 0 Å². The molecule has 3 atom stereocenters. The second-order valence-electron chi connectivity index (χ2n) is 6.58. The molecule has 2 fully saturated rings. The Labute approximate surface area is 146 Å². The normalized spacial score (nSPS) is 25.3. The number of nitrogens with zero attached hydrogens (tertiary/aromatic N) is 1. The summed E-state index contributed by atoms with van der Waals surface area (Å²) in [6.45, 7) is 3.49. The number of carbonyl (C=O) groups excluding carboxylic acids is 1. The van der Waals surface area contributed by atoms with Crippen LogP contribution in [0.2, 0.25) is 0 Å². The Balaban J connectivity index is 1.81. The van der Waals surface area contributed by atoms with Crippen molar-refractivity contribution in [1.29, 1.82) is 0 Å². The number of halogens is 1. The Kier molecular flexibility index (Phi) is 4.17. The Morgan fingerprint density at radius 3 is 2.72 bits per heavy atom. The summed E-state index contributed by atoms with van der Waals surface area (Å²) in [5, 5.41) is 0. The molecule has 2 aromatic carbocycles. The number of amides is 1. The van der Waals surface area contributed by atoms with Gasteiger partial charge in [0.1, 0.15) is 11.6 Å². The SMILES string of the molecule is CCOc1ccccc1C1N(c2ccc(F)cc2)C(=O)C2CCC[NH+]21. The van der Waals surface area contributed by atoms with Crippen LogP contribution < -0.4 is 14.5 Å². The highest BCUT2D eigenvalue weighted by atomic mass is 19.1. The number of benzene rings is 2. The van der Waals surface area contributed by atoms with Crippen LogP contribution in [0.25, 0.3) is 0 Å². The van der Waals surface area contributed by atoms with Gasteiger partial charge in [-0.25, -0.2) is 4.39 Å². The van der Waals surface area contributed by atoms with E-state index in [-0.39, 0.29) is 23.9 Å². The lowest BCUT2D eigenvalue weighted by Gasteiger charge is -2.27. The molecular weight excluding hydrogens is 319 g/mol. The standard InChI is InChI=1S/C20H21FN2O2/c1-2-25-18-8-4-3-6-16(18)19-22-13-5-7-17(22)20(24)23(19)15-11-9-14(21)10-12-15/h3-4,6,8-12,17,19H,2,5,7,13H2,1H3/p+1. The quantitative estimate of drug-likeness (QED) is 0.926. The number of nitrogens with one attached hydrogen (secondary N) is 1. The molecule has 0 spiro atoms. The zero-order valence-corrected chi connectivity index (χ0v) is 14.2. The number of quaternary nitrogens is 1. The van der Waals surface area contributed by atoms with E-state index in [0.717, 1.165) is 36.4 Å². The highest BCUT2D eigenvalue weighted by Gasteiger charge is 2.54. The van der Waals surface area contributed by atoms with Crippen molar-refractivity contribution in [3.8, 4) is 5.75 Å². The molecule has 2 aliphatic rings. The molecule has 0 aromatic heterocycles. The molecule has 2 aromatic rings. The topological polar surface area (TPSA) is 34.0 Å². The van der Waals surface area contributed by atoms with Gasteiger partial charge in [0.05, 0.1) is 24.4 Å². The number of ether oxygens (including phenoxy) is 1. The molecule has 1 amide bonds. The van der Waals surface area contributed by atoms with E-state index in [9.17, 15) is 9.18 Å². The molecule has 0 saturated carbocycles. The van der Waals surface area contributed by atoms with Crippen LogP contribution in [-0.2, 0) is 4.79 Å². The molecule has 2 aliphatic heterocycles. The van der Waals surface area contributed by atoms with Gasteiger partial charge >= 0.3 is 0 Å². The molecule has 130 valence electrons. The molecule has 4 rings (SSSR count). The van der Waals surface area contributed by atoms with Gasteiger partial charge in [0.25, 0.3) is 5.91 Å². The smallest absolute Gasteiger partial charge is 0.290 e. The molecule has 3 unspecified atom stereocenters. The second kappa shape index (κ2) is 6.48. The van der Waals surface area contributed by atoms with Gasteiger partial charge in [-0.05, 0) is 43.3 Å². The Morgan fingerprint density at radius 1 is 1.20 bits per heavy atom. The van der Waals surface area contributed by atoms with Crippen molar-refractivity contribution >= 4 is 11.6 Å². The fraction of sp³-hybridized carbons (Fsp3) is 0.350. The number of hydrogen-bond acceptors (Lipinski definition) is 2. The maximum Gasteiger partial charge on any atom is 0.290 e. The molecule has 4 nitrogen and oxygen atoms in total. The average molecular weight is 341 g/mol. The predicted molar refractivity (Wildman–Crippen MR) is 93.1 cm³/mol. The number of hydrogen-bond donors (Lipinski definition) is 1. The average Bonchev–Trinajstić information content (AvgIpc) is 3.19. The van der Waals surface area contributed by atoms with Crippen molar-refractivity contribution in [3.05, 3.63) is 59.9 Å². The summed E-state index contributed by atoms with van der Waals surface area (Å²) in [6.07, 6.45) is 1.82. The van der Waals surface area contributed by atoms with Crippen LogP contribution in [0.4, 0.5) is 10.1 Å². The highest BCUT2D eigenvalue weighted by Crippen LogP contribution is 2.34. The first-order chi connectivity index (χ1) is 12.2. The molecule has 0 aliphatic carbocycles. The first-order valence-corrected chi connectivity index (χ1v) is 8.86. The van der Waals surface area contributed by atoms with E-state index in [1.54, 1.807) is 12.1 Å². The van der Waals surface area contributed by atoms with Crippen LogP contribution in [0.15, 0.2) is 48.5 Å². The Morgan fingerprint density at radius 2 is 1.96 bits per heavy atom. The molecule has 2 heterocycles. The van der Waals surface area contributed by atoms with Gasteiger partial charge < -0.3 is 9.64 Å². The number of carbonyl (C=O) groups is 1. The highest BCUT2D eigenvalue weighted by molar-refractivity contribution is 5.98. The van der Waals surface area contributed by atoms with Crippen molar-refractivity contribution in [2.45, 2.75) is 32.0 Å². The summed E-state index contributed by atoms with van der Waals surface area (Å²) in [5.74, 6) is 0.639. The molecule has 25 heavy (non-hydrogen) atoms. The monoisotopic (exact) mass is 341 g/mol. The fourth-order valence-corrected chi connectivity index (χ4v) is 4.15. The van der Waals surface area contributed by atoms with Crippen LogP contribution in [0.3, 0.4) is 0 Å². The minimum atomic E-state index is -0.297. The van der Waals surface area contributed by atoms with Crippen LogP contribution in [-0.4, -0.2) is 25.1 Å². The molecule has 1 N–H and O–H groups in total. The van der Waals surface area contributed by atoms with Crippen LogP contribution in [0, 0.1) is 5.82 Å². The summed E-state index contributed by atoms with van der Waals surface area (Å²) in [5.41, 5.74) is 1.76. The zero-order chi connectivity index (χ0) is 17.4. The van der Waals surface area contributed by atoms with Crippen molar-refractivity contribution in [3.63, 3.8) is 0 Å². The van der Waals surface area contributed by atoms with E-state index < -0.39 is 0 Å². The third kappa shape index (κ3) is 2.68. The largest absolute Gasteiger partial charge is 0.493 e. The number of anilines is 1. The predicted octanol–water partition coefficient (Wildman–Crippen LogP) is 2.32. The van der Waals surface area contributed by atoms with Crippen LogP contribution >= 0.6 is 0 Å². The number of rotatable bonds is 4. The van der Waals surface area contributed by atoms with E-state index in [1.165, 1.54) is 17.0 Å². The van der Waals surface area contributed by atoms with E-state index >= 15 is 0 Å². The number of fused-ring (bicyclic) bond motifs is 1. The van der Waals surface area contributed by atoms with Gasteiger partial charge in [-0.1, -0.05) is 12.1 Å². The van der Waals surface area contributed by atoms with E-state index in [4.69, 9.17) is 4.74 Å². The van der Waals surface area contributed by atoms with Gasteiger partial charge in [-0.15, -0.1) is 0 Å². The lowest BCUT2D eigenvalue weighted by Crippen LogP contribution is -3.12. The van der Waals surface area contributed by atoms with Crippen LogP contribution in [0.5, 0.6) is 5.75 Å². The minimum Gasteiger partial charge on any atom is -0.493 e. The molecule has 5 heteroatoms. The van der Waals surface area contributed by atoms with Gasteiger partial charge in [0.15, 0.2) is 6.04 Å². The summed E-state index contributed by atoms with van der Waals surface area (Å²) >= 11 is 0. The fourth-order valence-electron chi connectivity index (χ4n) is 4.15. The van der Waals surface area contributed by atoms with Gasteiger partial charge in [0, 0.05) is 12.8 Å². The first kappa shape index (κ1) is 16.1. The second-order valence-corrected chi connectivity index (χ2v) is 6.58. The third-order valence-electron chi connectivity index (χ3n) is 5.17. The van der Waals surface area contributed by atoms with Crippen molar-refractivity contribution in [1.82, 2.24) is 0 Å². The van der Waals surface area contributed by atoms with Gasteiger partial charge in [0.2, 0.25) is 6.17 Å². The van der Waals surface area contributed by atoms with Gasteiger partial charge in [-0.3, -0.25) is 9.69 Å². The third-order valence-corrected chi connectivity index (χ3v) is 5.17. The summed E-state index contributed by atoms with van der Waals surface area (Å²) < 4.78 is 19.2. The summed E-state index contributed by atoms with van der Waals surface area (Å²) in [7, 11) is 0. The van der Waals surface area contributed by atoms with E-state index in [2.05, 4.69) is 0 Å². The van der Waals surface area contributed by atoms with Crippen LogP contribution in [0.1, 0.15) is 31.5 Å². The minimum absolute atomic E-state index is 0.0234. The lowest BCUT2D eigenvalue weighted by molar-refractivity contribution is -0.924. The van der Waals surface area contributed by atoms with E-state index in [0.29, 0.717) is 6.61 Å². The summed E-state index contributed by atoms with van der Waals surface area (Å²) in [4.78, 5) is 16.2. The number of para-hydroxylation sites is 1. The Bertz CT molecular complexity index is 778. The van der Waals surface area contributed by atoms with Crippen molar-refractivity contribution in [2.24, 2.45) is 0 Å².